The van der Waals surface area contributed by atoms with Gasteiger partial charge in [-0.3, -0.25) is 0 Å². The molecule has 8 heteroatoms. The number of imidazole rings is 1. The molecule has 2 fully saturated rings. The molecular weight excluding hydrogens is 436 g/mol. The molecule has 168 valence electrons. The van der Waals surface area contributed by atoms with Gasteiger partial charge in [0.25, 0.3) is 0 Å². The highest BCUT2D eigenvalue weighted by molar-refractivity contribution is 6.30. The smallest absolute Gasteiger partial charge is 0.228 e. The van der Waals surface area contributed by atoms with Gasteiger partial charge in [-0.2, -0.15) is 4.98 Å². The van der Waals surface area contributed by atoms with E-state index in [4.69, 9.17) is 26.3 Å². The number of ether oxygens (including phenoxy) is 1. The summed E-state index contributed by atoms with van der Waals surface area (Å²) in [6.07, 6.45) is 4.58. The van der Waals surface area contributed by atoms with E-state index in [1.165, 1.54) is 12.8 Å². The zero-order chi connectivity index (χ0) is 22.2. The highest BCUT2D eigenvalue weighted by atomic mass is 35.5. The first-order valence-electron chi connectivity index (χ1n) is 11.4. The molecule has 2 aliphatic rings. The molecule has 1 N–H and O–H groups in total. The zero-order valence-corrected chi connectivity index (χ0v) is 19.0. The molecule has 0 spiro atoms. The molecular formula is C25H25ClN6O. The molecule has 1 saturated heterocycles. The maximum Gasteiger partial charge on any atom is 0.228 e. The van der Waals surface area contributed by atoms with Crippen molar-refractivity contribution in [3.8, 4) is 11.3 Å². The first kappa shape index (κ1) is 20.4. The summed E-state index contributed by atoms with van der Waals surface area (Å²) in [6, 6.07) is 16.0. The van der Waals surface area contributed by atoms with Gasteiger partial charge in [-0.1, -0.05) is 17.7 Å². The third kappa shape index (κ3) is 4.51. The standard InChI is InChI=1S/C25H25ClN6O/c26-19-4-6-20(7-5-19)28-24-14-22(29-25(30-24)31-9-11-33-12-10-31)18-3-8-21-23(13-18)32(16-27-21)15-17-1-2-17/h3-8,13-14,16-17H,1-2,9-12,15H2,(H,28,29,30). The van der Waals surface area contributed by atoms with Gasteiger partial charge in [-0.15, -0.1) is 0 Å². The van der Waals surface area contributed by atoms with Crippen molar-refractivity contribution in [1.29, 1.82) is 0 Å². The minimum absolute atomic E-state index is 0.680. The Morgan fingerprint density at radius 3 is 2.61 bits per heavy atom. The largest absolute Gasteiger partial charge is 0.378 e. The molecule has 3 heterocycles. The number of benzene rings is 2. The van der Waals surface area contributed by atoms with Crippen LogP contribution in [0.3, 0.4) is 0 Å². The summed E-state index contributed by atoms with van der Waals surface area (Å²) >= 11 is 6.05. The number of hydrogen-bond donors (Lipinski definition) is 1. The maximum absolute atomic E-state index is 6.05. The predicted molar refractivity (Wildman–Crippen MR) is 131 cm³/mol. The van der Waals surface area contributed by atoms with E-state index >= 15 is 0 Å². The fourth-order valence-corrected chi connectivity index (χ4v) is 4.30. The van der Waals surface area contributed by atoms with Crippen LogP contribution < -0.4 is 10.2 Å². The van der Waals surface area contributed by atoms with E-state index in [2.05, 4.69) is 38.0 Å². The molecule has 2 aromatic carbocycles. The average Bonchev–Trinajstić information content (AvgIpc) is 3.59. The SMILES string of the molecule is Clc1ccc(Nc2cc(-c3ccc4ncn(CC5CC5)c4c3)nc(N3CCOCC3)n2)cc1. The van der Waals surface area contributed by atoms with Crippen molar-refractivity contribution in [2.45, 2.75) is 19.4 Å². The number of nitrogens with zero attached hydrogens (tertiary/aromatic N) is 5. The molecule has 1 aliphatic heterocycles. The zero-order valence-electron chi connectivity index (χ0n) is 18.2. The molecule has 6 rings (SSSR count). The predicted octanol–water partition coefficient (Wildman–Crippen LogP) is 5.14. The van der Waals surface area contributed by atoms with E-state index in [9.17, 15) is 0 Å². The van der Waals surface area contributed by atoms with Crippen LogP contribution >= 0.6 is 11.6 Å². The Morgan fingerprint density at radius 1 is 1.00 bits per heavy atom. The Labute approximate surface area is 197 Å². The Morgan fingerprint density at radius 2 is 1.82 bits per heavy atom. The molecule has 4 aromatic rings. The van der Waals surface area contributed by atoms with E-state index in [0.29, 0.717) is 24.2 Å². The summed E-state index contributed by atoms with van der Waals surface area (Å²) < 4.78 is 7.80. The van der Waals surface area contributed by atoms with Crippen molar-refractivity contribution < 1.29 is 4.74 Å². The summed E-state index contributed by atoms with van der Waals surface area (Å²) in [6.45, 7) is 3.94. The first-order valence-corrected chi connectivity index (χ1v) is 11.8. The van der Waals surface area contributed by atoms with Crippen LogP contribution in [0.4, 0.5) is 17.5 Å². The fraction of sp³-hybridized carbons (Fsp3) is 0.320. The van der Waals surface area contributed by atoms with E-state index in [1.54, 1.807) is 0 Å². The maximum atomic E-state index is 6.05. The number of aromatic nitrogens is 4. The minimum Gasteiger partial charge on any atom is -0.378 e. The first-order chi connectivity index (χ1) is 16.2. The Bertz CT molecular complexity index is 1280. The lowest BCUT2D eigenvalue weighted by molar-refractivity contribution is 0.122. The number of fused-ring (bicyclic) bond motifs is 1. The van der Waals surface area contributed by atoms with Crippen LogP contribution in [-0.4, -0.2) is 45.8 Å². The second-order valence-corrected chi connectivity index (χ2v) is 9.15. The molecule has 0 unspecified atom stereocenters. The van der Waals surface area contributed by atoms with Crippen molar-refractivity contribution in [2.75, 3.05) is 36.5 Å². The van der Waals surface area contributed by atoms with Crippen LogP contribution in [0.1, 0.15) is 12.8 Å². The monoisotopic (exact) mass is 460 g/mol. The van der Waals surface area contributed by atoms with Crippen molar-refractivity contribution >= 4 is 40.1 Å². The summed E-state index contributed by atoms with van der Waals surface area (Å²) in [5, 5.41) is 4.12. The molecule has 1 saturated carbocycles. The van der Waals surface area contributed by atoms with Gasteiger partial charge in [0.2, 0.25) is 5.95 Å². The lowest BCUT2D eigenvalue weighted by Crippen LogP contribution is -2.37. The minimum atomic E-state index is 0.680. The summed E-state index contributed by atoms with van der Waals surface area (Å²) in [7, 11) is 0. The quantitative estimate of drug-likeness (QED) is 0.430. The molecule has 33 heavy (non-hydrogen) atoms. The second-order valence-electron chi connectivity index (χ2n) is 8.71. The topological polar surface area (TPSA) is 68.1 Å². The summed E-state index contributed by atoms with van der Waals surface area (Å²) in [5.74, 6) is 2.24. The molecule has 7 nitrogen and oxygen atoms in total. The lowest BCUT2D eigenvalue weighted by Gasteiger charge is -2.27. The Hall–Kier alpha value is -3.16. The third-order valence-corrected chi connectivity index (χ3v) is 6.45. The summed E-state index contributed by atoms with van der Waals surface area (Å²) in [5.41, 5.74) is 5.02. The Kier molecular flexibility index (Phi) is 5.36. The van der Waals surface area contributed by atoms with E-state index in [1.807, 2.05) is 36.7 Å². The van der Waals surface area contributed by atoms with Gasteiger partial charge in [0, 0.05) is 42.0 Å². The normalized spacial score (nSPS) is 16.3. The van der Waals surface area contributed by atoms with Gasteiger partial charge >= 0.3 is 0 Å². The van der Waals surface area contributed by atoms with Crippen LogP contribution in [0.25, 0.3) is 22.3 Å². The van der Waals surface area contributed by atoms with Gasteiger partial charge in [-0.05, 0) is 55.2 Å². The van der Waals surface area contributed by atoms with Crippen LogP contribution in [0.2, 0.25) is 5.02 Å². The summed E-state index contributed by atoms with van der Waals surface area (Å²) in [4.78, 5) is 16.5. The number of rotatable bonds is 6. The van der Waals surface area contributed by atoms with Crippen LogP contribution in [0.5, 0.6) is 0 Å². The van der Waals surface area contributed by atoms with Gasteiger partial charge in [0.05, 0.1) is 36.3 Å². The van der Waals surface area contributed by atoms with Crippen molar-refractivity contribution in [3.05, 3.63) is 59.9 Å². The molecule has 2 aromatic heterocycles. The Balaban J connectivity index is 1.39. The highest BCUT2D eigenvalue weighted by Crippen LogP contribution is 2.33. The number of morpholine rings is 1. The lowest BCUT2D eigenvalue weighted by atomic mass is 10.1. The molecule has 0 amide bonds. The fourth-order valence-electron chi connectivity index (χ4n) is 4.17. The third-order valence-electron chi connectivity index (χ3n) is 6.19. The molecule has 0 radical (unpaired) electrons. The van der Waals surface area contributed by atoms with Crippen LogP contribution in [0.15, 0.2) is 54.9 Å². The number of halogens is 1. The van der Waals surface area contributed by atoms with E-state index in [0.717, 1.165) is 59.3 Å². The van der Waals surface area contributed by atoms with Crippen molar-refractivity contribution in [2.24, 2.45) is 5.92 Å². The van der Waals surface area contributed by atoms with Gasteiger partial charge < -0.3 is 19.5 Å². The van der Waals surface area contributed by atoms with E-state index in [-0.39, 0.29) is 0 Å². The van der Waals surface area contributed by atoms with Gasteiger partial charge in [0.15, 0.2) is 0 Å². The van der Waals surface area contributed by atoms with Crippen molar-refractivity contribution in [1.82, 2.24) is 19.5 Å². The van der Waals surface area contributed by atoms with E-state index < -0.39 is 0 Å². The van der Waals surface area contributed by atoms with Gasteiger partial charge in [-0.25, -0.2) is 9.97 Å². The number of hydrogen-bond acceptors (Lipinski definition) is 6. The van der Waals surface area contributed by atoms with Crippen molar-refractivity contribution in [3.63, 3.8) is 0 Å². The molecule has 1 aliphatic carbocycles. The molecule has 0 atom stereocenters. The highest BCUT2D eigenvalue weighted by Gasteiger charge is 2.22. The molecule has 0 bridgehead atoms. The average molecular weight is 461 g/mol. The second kappa shape index (κ2) is 8.65. The van der Waals surface area contributed by atoms with Crippen LogP contribution in [-0.2, 0) is 11.3 Å². The van der Waals surface area contributed by atoms with Crippen LogP contribution in [0, 0.1) is 5.92 Å². The number of anilines is 3. The number of nitrogens with one attached hydrogen (secondary N) is 1. The van der Waals surface area contributed by atoms with Gasteiger partial charge in [0.1, 0.15) is 5.82 Å².